The second-order valence-corrected chi connectivity index (χ2v) is 5.87. The molecule has 1 fully saturated rings. The van der Waals surface area contributed by atoms with E-state index in [0.29, 0.717) is 11.6 Å². The van der Waals surface area contributed by atoms with E-state index >= 15 is 0 Å². The summed E-state index contributed by atoms with van der Waals surface area (Å²) in [6.45, 7) is 5.63. The Balaban J connectivity index is 2.44. The largest absolute Gasteiger partial charge is 0.447 e. The number of nitro groups is 1. The fourth-order valence-corrected chi connectivity index (χ4v) is 2.61. The van der Waals surface area contributed by atoms with E-state index in [0.717, 1.165) is 6.42 Å². The van der Waals surface area contributed by atoms with Crippen molar-refractivity contribution in [2.45, 2.75) is 33.2 Å². The highest BCUT2D eigenvalue weighted by atomic mass is 16.6. The molecule has 0 bridgehead atoms. The van der Waals surface area contributed by atoms with Crippen LogP contribution in [0.5, 0.6) is 0 Å². The molecule has 1 N–H and O–H groups in total. The number of hydrogen-bond acceptors (Lipinski definition) is 5. The van der Waals surface area contributed by atoms with Crippen LogP contribution in [-0.4, -0.2) is 29.6 Å². The van der Waals surface area contributed by atoms with Crippen molar-refractivity contribution in [1.82, 2.24) is 0 Å². The molecule has 8 nitrogen and oxygen atoms in total. The summed E-state index contributed by atoms with van der Waals surface area (Å²) in [6.07, 6.45) is 0.207. The van der Waals surface area contributed by atoms with Crippen molar-refractivity contribution in [3.63, 3.8) is 0 Å². The van der Waals surface area contributed by atoms with E-state index in [1.165, 1.54) is 30.0 Å². The molecule has 1 aromatic rings. The third kappa shape index (κ3) is 3.77. The molecule has 0 spiro atoms. The van der Waals surface area contributed by atoms with Crippen LogP contribution in [0.1, 0.15) is 27.2 Å². The number of carbonyl (C=O) groups is 2. The van der Waals surface area contributed by atoms with Crippen LogP contribution in [-0.2, 0) is 9.53 Å². The number of ether oxygens (including phenoxy) is 1. The number of anilines is 2. The van der Waals surface area contributed by atoms with Gasteiger partial charge in [0.15, 0.2) is 0 Å². The van der Waals surface area contributed by atoms with Crippen molar-refractivity contribution in [2.24, 2.45) is 5.92 Å². The Morgan fingerprint density at radius 3 is 2.78 bits per heavy atom. The number of amides is 2. The number of carbonyl (C=O) groups excluding carboxylic acids is 2. The molecule has 1 aliphatic rings. The van der Waals surface area contributed by atoms with Crippen LogP contribution in [0.4, 0.5) is 21.9 Å². The zero-order valence-electron chi connectivity index (χ0n) is 13.2. The third-order valence-electron chi connectivity index (χ3n) is 3.47. The van der Waals surface area contributed by atoms with Gasteiger partial charge in [-0.2, -0.15) is 0 Å². The van der Waals surface area contributed by atoms with Gasteiger partial charge in [0.25, 0.3) is 5.69 Å². The van der Waals surface area contributed by atoms with E-state index in [4.69, 9.17) is 4.74 Å². The number of benzene rings is 1. The number of nitrogens with zero attached hydrogens (tertiary/aromatic N) is 2. The molecule has 0 saturated carbocycles. The number of rotatable bonds is 5. The topological polar surface area (TPSA) is 102 Å². The van der Waals surface area contributed by atoms with Gasteiger partial charge in [-0.3, -0.25) is 19.8 Å². The van der Waals surface area contributed by atoms with Crippen molar-refractivity contribution in [2.75, 3.05) is 16.8 Å². The molecule has 8 heteroatoms. The van der Waals surface area contributed by atoms with E-state index in [1.54, 1.807) is 0 Å². The van der Waals surface area contributed by atoms with E-state index in [-0.39, 0.29) is 29.9 Å². The number of nitro benzene ring substituents is 1. The molecule has 124 valence electrons. The predicted molar refractivity (Wildman–Crippen MR) is 84.5 cm³/mol. The van der Waals surface area contributed by atoms with Gasteiger partial charge in [-0.05, 0) is 18.4 Å². The normalized spacial score (nSPS) is 17.3. The van der Waals surface area contributed by atoms with Gasteiger partial charge in [0.05, 0.1) is 22.3 Å². The highest BCUT2D eigenvalue weighted by Crippen LogP contribution is 2.35. The lowest BCUT2D eigenvalue weighted by Crippen LogP contribution is -2.35. The first-order chi connectivity index (χ1) is 10.8. The number of hydrogen-bond donors (Lipinski definition) is 1. The summed E-state index contributed by atoms with van der Waals surface area (Å²) in [5.41, 5.74) is 0.462. The highest BCUT2D eigenvalue weighted by Gasteiger charge is 2.36. The summed E-state index contributed by atoms with van der Waals surface area (Å²) in [5, 5.41) is 13.5. The molecule has 0 aromatic heterocycles. The summed E-state index contributed by atoms with van der Waals surface area (Å²) in [4.78, 5) is 35.3. The van der Waals surface area contributed by atoms with Crippen LogP contribution in [0.3, 0.4) is 0 Å². The Labute approximate surface area is 133 Å². The van der Waals surface area contributed by atoms with Crippen LogP contribution in [0.2, 0.25) is 0 Å². The van der Waals surface area contributed by atoms with Crippen LogP contribution < -0.4 is 10.2 Å². The molecular weight excluding hydrogens is 302 g/mol. The summed E-state index contributed by atoms with van der Waals surface area (Å²) < 4.78 is 5.11. The standard InChI is InChI=1S/C15H19N3O5/c1-9(2)6-12-8-23-15(20)17(12)14-5-4-11(18(21)22)7-13(14)16-10(3)19/h4-5,7,9,12H,6,8H2,1-3H3,(H,16,19). The maximum atomic E-state index is 12.1. The third-order valence-corrected chi connectivity index (χ3v) is 3.47. The lowest BCUT2D eigenvalue weighted by Gasteiger charge is -2.25. The maximum absolute atomic E-state index is 12.1. The van der Waals surface area contributed by atoms with Gasteiger partial charge in [-0.25, -0.2) is 4.79 Å². The van der Waals surface area contributed by atoms with Crippen LogP contribution in [0.25, 0.3) is 0 Å². The Kier molecular flexibility index (Phi) is 4.83. The molecular formula is C15H19N3O5. The zero-order valence-corrected chi connectivity index (χ0v) is 13.2. The van der Waals surface area contributed by atoms with E-state index in [2.05, 4.69) is 5.32 Å². The molecule has 1 atom stereocenters. The summed E-state index contributed by atoms with van der Waals surface area (Å²) >= 11 is 0. The van der Waals surface area contributed by atoms with Crippen molar-refractivity contribution < 1.29 is 19.2 Å². The fraction of sp³-hybridized carbons (Fsp3) is 0.467. The summed E-state index contributed by atoms with van der Waals surface area (Å²) in [5.74, 6) is -0.0287. The molecule has 1 unspecified atom stereocenters. The average Bonchev–Trinajstić information content (AvgIpc) is 2.78. The van der Waals surface area contributed by atoms with Gasteiger partial charge in [-0.15, -0.1) is 0 Å². The minimum Gasteiger partial charge on any atom is -0.447 e. The lowest BCUT2D eigenvalue weighted by atomic mass is 10.0. The zero-order chi connectivity index (χ0) is 17.1. The van der Waals surface area contributed by atoms with Gasteiger partial charge in [0.2, 0.25) is 5.91 Å². The van der Waals surface area contributed by atoms with Gasteiger partial charge in [-0.1, -0.05) is 13.8 Å². The first kappa shape index (κ1) is 16.7. The minimum atomic E-state index is -0.553. The first-order valence-electron chi connectivity index (χ1n) is 7.31. The predicted octanol–water partition coefficient (Wildman–Crippen LogP) is 2.92. The Hall–Kier alpha value is -2.64. The number of cyclic esters (lactones) is 1. The van der Waals surface area contributed by atoms with Crippen molar-refractivity contribution in [3.05, 3.63) is 28.3 Å². The fourth-order valence-electron chi connectivity index (χ4n) is 2.61. The highest BCUT2D eigenvalue weighted by molar-refractivity contribution is 5.99. The van der Waals surface area contributed by atoms with Crippen LogP contribution in [0, 0.1) is 16.0 Å². The van der Waals surface area contributed by atoms with E-state index in [1.807, 2.05) is 13.8 Å². The average molecular weight is 321 g/mol. The molecule has 0 aliphatic carbocycles. The van der Waals surface area contributed by atoms with Crippen LogP contribution in [0.15, 0.2) is 18.2 Å². The minimum absolute atomic E-state index is 0.162. The molecule has 2 rings (SSSR count). The number of nitrogens with one attached hydrogen (secondary N) is 1. The molecule has 1 saturated heterocycles. The Bertz CT molecular complexity index is 644. The molecule has 2 amide bonds. The summed E-state index contributed by atoms with van der Waals surface area (Å²) in [7, 11) is 0. The van der Waals surface area contributed by atoms with Gasteiger partial charge < -0.3 is 10.1 Å². The quantitative estimate of drug-likeness (QED) is 0.663. The van der Waals surface area contributed by atoms with Gasteiger partial charge in [0, 0.05) is 19.1 Å². The molecule has 23 heavy (non-hydrogen) atoms. The first-order valence-corrected chi connectivity index (χ1v) is 7.31. The van der Waals surface area contributed by atoms with E-state index in [9.17, 15) is 19.7 Å². The second kappa shape index (κ2) is 6.64. The second-order valence-electron chi connectivity index (χ2n) is 5.87. The van der Waals surface area contributed by atoms with Crippen molar-refractivity contribution in [3.8, 4) is 0 Å². The molecule has 0 radical (unpaired) electrons. The lowest BCUT2D eigenvalue weighted by molar-refractivity contribution is -0.384. The monoisotopic (exact) mass is 321 g/mol. The molecule has 1 heterocycles. The van der Waals surface area contributed by atoms with Crippen molar-refractivity contribution in [1.29, 1.82) is 0 Å². The van der Waals surface area contributed by atoms with Gasteiger partial charge >= 0.3 is 6.09 Å². The smallest absolute Gasteiger partial charge is 0.414 e. The summed E-state index contributed by atoms with van der Waals surface area (Å²) in [6, 6.07) is 3.84. The van der Waals surface area contributed by atoms with Crippen molar-refractivity contribution >= 4 is 29.1 Å². The van der Waals surface area contributed by atoms with E-state index < -0.39 is 11.0 Å². The molecule has 1 aromatic carbocycles. The Morgan fingerprint density at radius 2 is 2.22 bits per heavy atom. The number of non-ortho nitro benzene ring substituents is 1. The Morgan fingerprint density at radius 1 is 1.52 bits per heavy atom. The SMILES string of the molecule is CC(=O)Nc1cc([N+](=O)[O-])ccc1N1C(=O)OCC1CC(C)C. The molecule has 1 aliphatic heterocycles. The maximum Gasteiger partial charge on any atom is 0.414 e. The van der Waals surface area contributed by atoms with Gasteiger partial charge in [0.1, 0.15) is 6.61 Å². The van der Waals surface area contributed by atoms with Crippen LogP contribution >= 0.6 is 0 Å².